The summed E-state index contributed by atoms with van der Waals surface area (Å²) in [5, 5.41) is 0. The summed E-state index contributed by atoms with van der Waals surface area (Å²) in [6, 6.07) is 0. The van der Waals surface area contributed by atoms with Gasteiger partial charge in [0.15, 0.2) is 0 Å². The molecule has 1 heterocycles. The Balaban J connectivity index is 1.98. The standard InChI is InChI=1S/C36H67N/c1-6-8-9-10-11-12-13-14-15-16-17-18-19-20-21-23-33(3)24-26-35(22-7-2)27-25-34(4)32-36-28-30-37(5)31-29-36/h11-12,35-36H,3-4,6-10,13-32H2,1-2,5H3/b12-11-. The highest BCUT2D eigenvalue weighted by Gasteiger charge is 2.18. The third-order valence-electron chi connectivity index (χ3n) is 8.72. The number of allylic oxidation sites excluding steroid dienone is 4. The van der Waals surface area contributed by atoms with Gasteiger partial charge in [-0.15, -0.1) is 0 Å². The van der Waals surface area contributed by atoms with Crippen LogP contribution in [0.4, 0.5) is 0 Å². The second-order valence-corrected chi connectivity index (χ2v) is 12.5. The number of hydrogen-bond donors (Lipinski definition) is 0. The molecule has 1 aliphatic heterocycles. The van der Waals surface area contributed by atoms with Crippen LogP contribution in [0.3, 0.4) is 0 Å². The average molecular weight is 514 g/mol. The number of unbranched alkanes of at least 4 members (excludes halogenated alkanes) is 11. The largest absolute Gasteiger partial charge is 0.306 e. The van der Waals surface area contributed by atoms with Crippen LogP contribution in [0.2, 0.25) is 0 Å². The predicted molar refractivity (Wildman–Crippen MR) is 169 cm³/mol. The third kappa shape index (κ3) is 20.8. The molecule has 0 aliphatic carbocycles. The molecule has 1 unspecified atom stereocenters. The molecule has 37 heavy (non-hydrogen) atoms. The van der Waals surface area contributed by atoms with Crippen molar-refractivity contribution in [2.75, 3.05) is 20.1 Å². The van der Waals surface area contributed by atoms with Gasteiger partial charge in [-0.2, -0.15) is 0 Å². The van der Waals surface area contributed by atoms with Crippen molar-refractivity contribution >= 4 is 0 Å². The zero-order valence-electron chi connectivity index (χ0n) is 25.8. The minimum Gasteiger partial charge on any atom is -0.306 e. The topological polar surface area (TPSA) is 3.24 Å². The summed E-state index contributed by atoms with van der Waals surface area (Å²) < 4.78 is 0. The molecule has 1 rings (SSSR count). The molecule has 1 saturated heterocycles. The Morgan fingerprint density at radius 2 is 1.22 bits per heavy atom. The first kappa shape index (κ1) is 34.2. The van der Waals surface area contributed by atoms with E-state index in [2.05, 4.69) is 51.1 Å². The normalized spacial score (nSPS) is 16.0. The molecule has 1 heteroatoms. The van der Waals surface area contributed by atoms with E-state index in [9.17, 15) is 0 Å². The van der Waals surface area contributed by atoms with E-state index in [0.717, 1.165) is 11.8 Å². The molecule has 1 nitrogen and oxygen atoms in total. The van der Waals surface area contributed by atoms with E-state index in [1.54, 1.807) is 0 Å². The predicted octanol–water partition coefficient (Wildman–Crippen LogP) is 11.8. The summed E-state index contributed by atoms with van der Waals surface area (Å²) in [6.07, 6.45) is 35.9. The van der Waals surface area contributed by atoms with Crippen LogP contribution in [0.5, 0.6) is 0 Å². The van der Waals surface area contributed by atoms with Gasteiger partial charge in [-0.25, -0.2) is 0 Å². The van der Waals surface area contributed by atoms with Crippen molar-refractivity contribution < 1.29 is 0 Å². The summed E-state index contributed by atoms with van der Waals surface area (Å²) in [5.41, 5.74) is 3.03. The minimum absolute atomic E-state index is 0.868. The zero-order chi connectivity index (χ0) is 27.0. The molecular formula is C36H67N. The van der Waals surface area contributed by atoms with Crippen LogP contribution in [0.15, 0.2) is 36.5 Å². The van der Waals surface area contributed by atoms with Gasteiger partial charge in [0.1, 0.15) is 0 Å². The monoisotopic (exact) mass is 514 g/mol. The number of piperidine rings is 1. The molecular weight excluding hydrogens is 446 g/mol. The van der Waals surface area contributed by atoms with Crippen LogP contribution in [0, 0.1) is 11.8 Å². The first-order valence-corrected chi connectivity index (χ1v) is 16.7. The fraction of sp³-hybridized carbons (Fsp3) is 0.833. The summed E-state index contributed by atoms with van der Waals surface area (Å²) in [6.45, 7) is 16.1. The molecule has 0 radical (unpaired) electrons. The summed E-state index contributed by atoms with van der Waals surface area (Å²) in [7, 11) is 2.26. The van der Waals surface area contributed by atoms with Crippen LogP contribution in [-0.2, 0) is 0 Å². The van der Waals surface area contributed by atoms with Crippen LogP contribution in [0.1, 0.15) is 162 Å². The van der Waals surface area contributed by atoms with E-state index in [0.29, 0.717) is 0 Å². The Morgan fingerprint density at radius 1 is 0.676 bits per heavy atom. The lowest BCUT2D eigenvalue weighted by atomic mass is 9.85. The molecule has 0 aromatic rings. The second kappa shape index (κ2) is 24.2. The van der Waals surface area contributed by atoms with Gasteiger partial charge in [-0.05, 0) is 115 Å². The molecule has 0 spiro atoms. The molecule has 0 saturated carbocycles. The Labute approximate surface area is 234 Å². The molecule has 1 fully saturated rings. The fourth-order valence-electron chi connectivity index (χ4n) is 6.00. The highest BCUT2D eigenvalue weighted by atomic mass is 15.1. The summed E-state index contributed by atoms with van der Waals surface area (Å²) in [4.78, 5) is 2.47. The van der Waals surface area contributed by atoms with E-state index < -0.39 is 0 Å². The Hall–Kier alpha value is -0.820. The number of likely N-dealkylation sites (tertiary alicyclic amines) is 1. The lowest BCUT2D eigenvalue weighted by Gasteiger charge is -2.29. The summed E-state index contributed by atoms with van der Waals surface area (Å²) in [5.74, 6) is 1.76. The SMILES string of the molecule is C=C(CCCCCCCCCC/C=C\CCCCC)CCC(CCC)CCC(=C)CC1CCN(C)CC1. The van der Waals surface area contributed by atoms with Crippen molar-refractivity contribution in [2.45, 2.75) is 162 Å². The van der Waals surface area contributed by atoms with Crippen molar-refractivity contribution in [3.8, 4) is 0 Å². The van der Waals surface area contributed by atoms with Crippen LogP contribution >= 0.6 is 0 Å². The van der Waals surface area contributed by atoms with Crippen LogP contribution in [0.25, 0.3) is 0 Å². The van der Waals surface area contributed by atoms with Crippen LogP contribution < -0.4 is 0 Å². The molecule has 1 aliphatic rings. The minimum atomic E-state index is 0.868. The molecule has 216 valence electrons. The second-order valence-electron chi connectivity index (χ2n) is 12.5. The maximum atomic E-state index is 4.47. The van der Waals surface area contributed by atoms with Crippen molar-refractivity contribution in [2.24, 2.45) is 11.8 Å². The lowest BCUT2D eigenvalue weighted by molar-refractivity contribution is 0.218. The first-order chi connectivity index (χ1) is 18.0. The van der Waals surface area contributed by atoms with E-state index in [-0.39, 0.29) is 0 Å². The molecule has 1 atom stereocenters. The Kier molecular flexibility index (Phi) is 22.4. The molecule has 0 aromatic carbocycles. The maximum Gasteiger partial charge on any atom is -0.00190 e. The van der Waals surface area contributed by atoms with Crippen molar-refractivity contribution in [1.82, 2.24) is 4.90 Å². The van der Waals surface area contributed by atoms with Gasteiger partial charge in [0, 0.05) is 0 Å². The first-order valence-electron chi connectivity index (χ1n) is 16.7. The number of rotatable bonds is 25. The quantitative estimate of drug-likeness (QED) is 0.0866. The van der Waals surface area contributed by atoms with Gasteiger partial charge in [0.25, 0.3) is 0 Å². The Morgan fingerprint density at radius 3 is 1.81 bits per heavy atom. The highest BCUT2D eigenvalue weighted by Crippen LogP contribution is 2.29. The smallest absolute Gasteiger partial charge is 0.00190 e. The van der Waals surface area contributed by atoms with E-state index in [4.69, 9.17) is 0 Å². The zero-order valence-corrected chi connectivity index (χ0v) is 25.8. The lowest BCUT2D eigenvalue weighted by Crippen LogP contribution is -2.30. The van der Waals surface area contributed by atoms with Crippen LogP contribution in [-0.4, -0.2) is 25.0 Å². The molecule has 0 aromatic heterocycles. The van der Waals surface area contributed by atoms with Gasteiger partial charge in [-0.3, -0.25) is 0 Å². The van der Waals surface area contributed by atoms with Gasteiger partial charge in [0.05, 0.1) is 0 Å². The highest BCUT2D eigenvalue weighted by molar-refractivity contribution is 4.98. The van der Waals surface area contributed by atoms with Crippen molar-refractivity contribution in [1.29, 1.82) is 0 Å². The summed E-state index contributed by atoms with van der Waals surface area (Å²) >= 11 is 0. The van der Waals surface area contributed by atoms with Crippen molar-refractivity contribution in [3.05, 3.63) is 36.5 Å². The van der Waals surface area contributed by atoms with Gasteiger partial charge in [0.2, 0.25) is 0 Å². The molecule has 0 N–H and O–H groups in total. The molecule has 0 amide bonds. The third-order valence-corrected chi connectivity index (χ3v) is 8.72. The van der Waals surface area contributed by atoms with E-state index in [1.165, 1.54) is 172 Å². The van der Waals surface area contributed by atoms with Crippen molar-refractivity contribution in [3.63, 3.8) is 0 Å². The number of nitrogens with zero attached hydrogens (tertiary/aromatic N) is 1. The average Bonchev–Trinajstić information content (AvgIpc) is 2.89. The van der Waals surface area contributed by atoms with Gasteiger partial charge in [-0.1, -0.05) is 115 Å². The number of hydrogen-bond acceptors (Lipinski definition) is 1. The Bertz CT molecular complexity index is 565. The van der Waals surface area contributed by atoms with Gasteiger partial charge >= 0.3 is 0 Å². The fourth-order valence-corrected chi connectivity index (χ4v) is 6.00. The van der Waals surface area contributed by atoms with E-state index in [1.807, 2.05) is 0 Å². The molecule has 0 bridgehead atoms. The van der Waals surface area contributed by atoms with E-state index >= 15 is 0 Å². The maximum absolute atomic E-state index is 4.47. The van der Waals surface area contributed by atoms with Gasteiger partial charge < -0.3 is 4.90 Å².